The molecule has 3 heteroatoms. The van der Waals surface area contributed by atoms with Gasteiger partial charge in [0.1, 0.15) is 11.5 Å². The third kappa shape index (κ3) is 3.86. The molecule has 0 radical (unpaired) electrons. The smallest absolute Gasteiger partial charge is 0.105 e. The summed E-state index contributed by atoms with van der Waals surface area (Å²) in [6.07, 6.45) is 0. The van der Waals surface area contributed by atoms with Gasteiger partial charge in [-0.15, -0.1) is 0 Å². The average Bonchev–Trinajstić information content (AvgIpc) is 2.55. The standard InChI is InChI=1S/C14H26N2O/c1-6-16(7-2)9-8-15-10-14-11(3)12(4)17-13(14)5/h15H,6-10H2,1-5H3. The molecule has 0 spiro atoms. The molecule has 1 rings (SSSR count). The second-order valence-corrected chi connectivity index (χ2v) is 4.52. The van der Waals surface area contributed by atoms with E-state index in [0.29, 0.717) is 0 Å². The number of nitrogens with one attached hydrogen (secondary N) is 1. The number of aryl methyl sites for hydroxylation is 2. The molecule has 98 valence electrons. The van der Waals surface area contributed by atoms with Crippen molar-refractivity contribution in [2.45, 2.75) is 41.2 Å². The lowest BCUT2D eigenvalue weighted by atomic mass is 10.1. The molecule has 0 saturated heterocycles. The van der Waals surface area contributed by atoms with E-state index in [1.54, 1.807) is 0 Å². The Kier molecular flexibility index (Phi) is 5.72. The zero-order chi connectivity index (χ0) is 12.8. The number of rotatable bonds is 7. The largest absolute Gasteiger partial charge is 0.466 e. The van der Waals surface area contributed by atoms with Crippen molar-refractivity contribution < 1.29 is 4.42 Å². The highest BCUT2D eigenvalue weighted by molar-refractivity contribution is 5.31. The van der Waals surface area contributed by atoms with Gasteiger partial charge in [-0.05, 0) is 39.4 Å². The maximum Gasteiger partial charge on any atom is 0.105 e. The highest BCUT2D eigenvalue weighted by atomic mass is 16.3. The first-order valence-corrected chi connectivity index (χ1v) is 6.58. The fourth-order valence-corrected chi connectivity index (χ4v) is 2.09. The molecule has 1 heterocycles. The number of hydrogen-bond donors (Lipinski definition) is 1. The SMILES string of the molecule is CCN(CC)CCNCc1c(C)oc(C)c1C. The van der Waals surface area contributed by atoms with Crippen LogP contribution in [-0.4, -0.2) is 31.1 Å². The lowest BCUT2D eigenvalue weighted by molar-refractivity contribution is 0.302. The van der Waals surface area contributed by atoms with Gasteiger partial charge in [0.05, 0.1) is 0 Å². The average molecular weight is 238 g/mol. The van der Waals surface area contributed by atoms with Crippen molar-refractivity contribution in [3.05, 3.63) is 22.6 Å². The first-order chi connectivity index (χ1) is 8.10. The summed E-state index contributed by atoms with van der Waals surface area (Å²) in [5, 5.41) is 3.49. The highest BCUT2D eigenvalue weighted by Crippen LogP contribution is 2.20. The summed E-state index contributed by atoms with van der Waals surface area (Å²) in [4.78, 5) is 2.42. The molecule has 0 aromatic carbocycles. The van der Waals surface area contributed by atoms with Gasteiger partial charge in [-0.3, -0.25) is 0 Å². The summed E-state index contributed by atoms with van der Waals surface area (Å²) in [6, 6.07) is 0. The van der Waals surface area contributed by atoms with Crippen LogP contribution in [0.1, 0.15) is 36.5 Å². The first-order valence-electron chi connectivity index (χ1n) is 6.58. The van der Waals surface area contributed by atoms with Crippen molar-refractivity contribution in [2.75, 3.05) is 26.2 Å². The third-order valence-corrected chi connectivity index (χ3v) is 3.51. The minimum absolute atomic E-state index is 0.913. The van der Waals surface area contributed by atoms with E-state index in [0.717, 1.165) is 44.2 Å². The van der Waals surface area contributed by atoms with Crippen LogP contribution >= 0.6 is 0 Å². The van der Waals surface area contributed by atoms with Gasteiger partial charge in [-0.1, -0.05) is 13.8 Å². The summed E-state index contributed by atoms with van der Waals surface area (Å²) in [6.45, 7) is 15.9. The minimum atomic E-state index is 0.913. The van der Waals surface area contributed by atoms with Crippen molar-refractivity contribution in [1.82, 2.24) is 10.2 Å². The number of likely N-dealkylation sites (N-methyl/N-ethyl adjacent to an activating group) is 1. The van der Waals surface area contributed by atoms with E-state index in [1.807, 2.05) is 13.8 Å². The van der Waals surface area contributed by atoms with Crippen LogP contribution < -0.4 is 5.32 Å². The fourth-order valence-electron chi connectivity index (χ4n) is 2.09. The van der Waals surface area contributed by atoms with Gasteiger partial charge in [0.25, 0.3) is 0 Å². The molecular formula is C14H26N2O. The topological polar surface area (TPSA) is 28.4 Å². The van der Waals surface area contributed by atoms with E-state index < -0.39 is 0 Å². The van der Waals surface area contributed by atoms with E-state index in [4.69, 9.17) is 4.42 Å². The molecule has 0 fully saturated rings. The predicted molar refractivity (Wildman–Crippen MR) is 72.4 cm³/mol. The van der Waals surface area contributed by atoms with Crippen LogP contribution in [0.15, 0.2) is 4.42 Å². The van der Waals surface area contributed by atoms with Crippen LogP contribution in [0.2, 0.25) is 0 Å². The molecule has 0 bridgehead atoms. The molecule has 0 amide bonds. The van der Waals surface area contributed by atoms with Crippen LogP contribution in [0, 0.1) is 20.8 Å². The molecule has 17 heavy (non-hydrogen) atoms. The van der Waals surface area contributed by atoms with Crippen LogP contribution in [0.5, 0.6) is 0 Å². The fraction of sp³-hybridized carbons (Fsp3) is 0.714. The van der Waals surface area contributed by atoms with E-state index in [1.165, 1.54) is 11.1 Å². The summed E-state index contributed by atoms with van der Waals surface area (Å²) < 4.78 is 5.62. The van der Waals surface area contributed by atoms with E-state index in [2.05, 4.69) is 31.0 Å². The molecule has 1 aromatic rings. The van der Waals surface area contributed by atoms with Gasteiger partial charge in [0.2, 0.25) is 0 Å². The number of furan rings is 1. The molecular weight excluding hydrogens is 212 g/mol. The quantitative estimate of drug-likeness (QED) is 0.740. The Morgan fingerprint density at radius 3 is 2.18 bits per heavy atom. The van der Waals surface area contributed by atoms with Crippen LogP contribution in [0.4, 0.5) is 0 Å². The van der Waals surface area contributed by atoms with Crippen molar-refractivity contribution in [1.29, 1.82) is 0 Å². The molecule has 1 N–H and O–H groups in total. The van der Waals surface area contributed by atoms with Crippen LogP contribution in [0.25, 0.3) is 0 Å². The predicted octanol–water partition coefficient (Wildman–Crippen LogP) is 2.64. The molecule has 0 aliphatic carbocycles. The molecule has 0 aliphatic rings. The minimum Gasteiger partial charge on any atom is -0.466 e. The van der Waals surface area contributed by atoms with Crippen LogP contribution in [0.3, 0.4) is 0 Å². The van der Waals surface area contributed by atoms with Gasteiger partial charge < -0.3 is 14.6 Å². The normalized spacial score (nSPS) is 11.4. The Balaban J connectivity index is 2.36. The van der Waals surface area contributed by atoms with E-state index in [-0.39, 0.29) is 0 Å². The monoisotopic (exact) mass is 238 g/mol. The van der Waals surface area contributed by atoms with Crippen molar-refractivity contribution in [3.8, 4) is 0 Å². The highest BCUT2D eigenvalue weighted by Gasteiger charge is 2.10. The Labute approximate surface area is 105 Å². The zero-order valence-corrected chi connectivity index (χ0v) is 11.9. The van der Waals surface area contributed by atoms with Gasteiger partial charge in [0, 0.05) is 25.2 Å². The van der Waals surface area contributed by atoms with Gasteiger partial charge in [-0.2, -0.15) is 0 Å². The molecule has 3 nitrogen and oxygen atoms in total. The number of hydrogen-bond acceptors (Lipinski definition) is 3. The van der Waals surface area contributed by atoms with Gasteiger partial charge in [-0.25, -0.2) is 0 Å². The Hall–Kier alpha value is -0.800. The molecule has 0 aliphatic heterocycles. The second kappa shape index (κ2) is 6.82. The van der Waals surface area contributed by atoms with E-state index in [9.17, 15) is 0 Å². The maximum absolute atomic E-state index is 5.62. The summed E-state index contributed by atoms with van der Waals surface area (Å²) in [7, 11) is 0. The van der Waals surface area contributed by atoms with Crippen molar-refractivity contribution >= 4 is 0 Å². The summed E-state index contributed by atoms with van der Waals surface area (Å²) in [5.41, 5.74) is 2.61. The van der Waals surface area contributed by atoms with Crippen molar-refractivity contribution in [2.24, 2.45) is 0 Å². The molecule has 0 atom stereocenters. The number of nitrogens with zero attached hydrogens (tertiary/aromatic N) is 1. The molecule has 0 unspecified atom stereocenters. The van der Waals surface area contributed by atoms with Gasteiger partial charge in [0.15, 0.2) is 0 Å². The zero-order valence-electron chi connectivity index (χ0n) is 11.9. The van der Waals surface area contributed by atoms with Gasteiger partial charge >= 0.3 is 0 Å². The summed E-state index contributed by atoms with van der Waals surface area (Å²) >= 11 is 0. The maximum atomic E-state index is 5.62. The third-order valence-electron chi connectivity index (χ3n) is 3.51. The second-order valence-electron chi connectivity index (χ2n) is 4.52. The van der Waals surface area contributed by atoms with E-state index >= 15 is 0 Å². The Bertz CT molecular complexity index is 340. The van der Waals surface area contributed by atoms with Crippen LogP contribution in [-0.2, 0) is 6.54 Å². The molecule has 1 aromatic heterocycles. The Morgan fingerprint density at radius 1 is 1.06 bits per heavy atom. The summed E-state index contributed by atoms with van der Waals surface area (Å²) in [5.74, 6) is 2.10. The lowest BCUT2D eigenvalue weighted by Gasteiger charge is -2.18. The molecule has 0 saturated carbocycles. The Morgan fingerprint density at radius 2 is 1.71 bits per heavy atom. The lowest BCUT2D eigenvalue weighted by Crippen LogP contribution is -2.31. The van der Waals surface area contributed by atoms with Crippen molar-refractivity contribution in [3.63, 3.8) is 0 Å². The first kappa shape index (κ1) is 14.3.